The summed E-state index contributed by atoms with van der Waals surface area (Å²) in [4.78, 5) is 18.3. The maximum absolute atomic E-state index is 13.8. The second kappa shape index (κ2) is 9.56. The van der Waals surface area contributed by atoms with Gasteiger partial charge < -0.3 is 20.1 Å². The molecule has 2 unspecified atom stereocenters. The van der Waals surface area contributed by atoms with Crippen molar-refractivity contribution < 1.29 is 14.3 Å². The lowest BCUT2D eigenvalue weighted by Gasteiger charge is -2.46. The zero-order chi connectivity index (χ0) is 21.1. The lowest BCUT2D eigenvalue weighted by molar-refractivity contribution is -0.143. The molecule has 6 nitrogen and oxygen atoms in total. The number of benzene rings is 1. The molecule has 0 aromatic heterocycles. The Morgan fingerprint density at radius 3 is 2.60 bits per heavy atom. The predicted molar refractivity (Wildman–Crippen MR) is 118 cm³/mol. The van der Waals surface area contributed by atoms with Crippen molar-refractivity contribution in [2.45, 2.75) is 76.0 Å². The fraction of sp³-hybridized carbons (Fsp3) is 0.708. The van der Waals surface area contributed by atoms with E-state index in [4.69, 9.17) is 15.2 Å². The van der Waals surface area contributed by atoms with Crippen molar-refractivity contribution in [3.8, 4) is 11.5 Å². The average Bonchev–Trinajstić information content (AvgIpc) is 3.63. The van der Waals surface area contributed by atoms with E-state index in [1.807, 2.05) is 18.2 Å². The molecule has 1 aliphatic heterocycles. The van der Waals surface area contributed by atoms with Crippen LogP contribution in [0.4, 0.5) is 0 Å². The normalized spacial score (nSPS) is 25.0. The fourth-order valence-corrected chi connectivity index (χ4v) is 5.55. The van der Waals surface area contributed by atoms with E-state index >= 15 is 0 Å². The molecule has 0 bridgehead atoms. The van der Waals surface area contributed by atoms with Crippen LogP contribution in [-0.4, -0.2) is 61.1 Å². The van der Waals surface area contributed by atoms with Crippen molar-refractivity contribution in [3.05, 3.63) is 23.8 Å². The molecule has 1 saturated heterocycles. The van der Waals surface area contributed by atoms with Crippen molar-refractivity contribution in [2.75, 3.05) is 27.3 Å². The first-order valence-electron chi connectivity index (χ1n) is 11.6. The number of piperidine rings is 1. The molecule has 2 saturated carbocycles. The van der Waals surface area contributed by atoms with Crippen LogP contribution in [-0.2, 0) is 11.3 Å². The fourth-order valence-electron chi connectivity index (χ4n) is 5.55. The van der Waals surface area contributed by atoms with Crippen molar-refractivity contribution >= 4 is 5.91 Å². The number of ether oxygens (including phenoxy) is 2. The Balaban J connectivity index is 1.54. The number of amides is 1. The van der Waals surface area contributed by atoms with Crippen LogP contribution in [0.25, 0.3) is 0 Å². The zero-order valence-electron chi connectivity index (χ0n) is 18.5. The lowest BCUT2D eigenvalue weighted by Crippen LogP contribution is -2.58. The SMILES string of the molecule is COc1ccc(CN(C2CC2)[C@H](CN)C(=O)N2CCCC3CCCCC32)c(OC)c1. The number of fused-ring (bicyclic) bond motifs is 1. The van der Waals surface area contributed by atoms with E-state index in [1.54, 1.807) is 14.2 Å². The Morgan fingerprint density at radius 1 is 1.13 bits per heavy atom. The van der Waals surface area contributed by atoms with Gasteiger partial charge in [-0.3, -0.25) is 9.69 Å². The monoisotopic (exact) mass is 415 g/mol. The van der Waals surface area contributed by atoms with E-state index in [0.29, 0.717) is 31.1 Å². The summed E-state index contributed by atoms with van der Waals surface area (Å²) in [6.07, 6.45) is 9.66. The van der Waals surface area contributed by atoms with Gasteiger partial charge in [-0.25, -0.2) is 0 Å². The smallest absolute Gasteiger partial charge is 0.241 e. The van der Waals surface area contributed by atoms with Crippen LogP contribution in [0.5, 0.6) is 11.5 Å². The van der Waals surface area contributed by atoms with Crippen LogP contribution in [0.1, 0.15) is 56.9 Å². The molecular weight excluding hydrogens is 378 g/mol. The van der Waals surface area contributed by atoms with Crippen LogP contribution in [0, 0.1) is 5.92 Å². The number of rotatable bonds is 8. The van der Waals surface area contributed by atoms with E-state index in [9.17, 15) is 4.79 Å². The van der Waals surface area contributed by atoms with Crippen molar-refractivity contribution in [3.63, 3.8) is 0 Å². The average molecular weight is 416 g/mol. The number of methoxy groups -OCH3 is 2. The number of carbonyl (C=O) groups is 1. The highest BCUT2D eigenvalue weighted by molar-refractivity contribution is 5.82. The van der Waals surface area contributed by atoms with Crippen molar-refractivity contribution in [2.24, 2.45) is 11.7 Å². The van der Waals surface area contributed by atoms with Crippen LogP contribution in [0.15, 0.2) is 18.2 Å². The van der Waals surface area contributed by atoms with E-state index in [2.05, 4.69) is 9.80 Å². The summed E-state index contributed by atoms with van der Waals surface area (Å²) in [6, 6.07) is 6.51. The second-order valence-corrected chi connectivity index (χ2v) is 9.12. The molecule has 1 aromatic carbocycles. The molecule has 0 spiro atoms. The molecular formula is C24H37N3O3. The molecule has 166 valence electrons. The second-order valence-electron chi connectivity index (χ2n) is 9.12. The summed E-state index contributed by atoms with van der Waals surface area (Å²) in [5, 5.41) is 0. The molecule has 1 amide bonds. The summed E-state index contributed by atoms with van der Waals surface area (Å²) in [6.45, 7) is 1.93. The highest BCUT2D eigenvalue weighted by Crippen LogP contribution is 2.37. The molecule has 3 atom stereocenters. The number of nitrogens with zero attached hydrogens (tertiary/aromatic N) is 2. The minimum atomic E-state index is -0.259. The Bertz CT molecular complexity index is 734. The summed E-state index contributed by atoms with van der Waals surface area (Å²) >= 11 is 0. The number of nitrogens with two attached hydrogens (primary N) is 1. The van der Waals surface area contributed by atoms with Crippen molar-refractivity contribution in [1.29, 1.82) is 0 Å². The summed E-state index contributed by atoms with van der Waals surface area (Å²) in [5.41, 5.74) is 7.32. The van der Waals surface area contributed by atoms with Gasteiger partial charge in [0.1, 0.15) is 17.5 Å². The largest absolute Gasteiger partial charge is 0.497 e. The summed E-state index contributed by atoms with van der Waals surface area (Å²) < 4.78 is 11.0. The third-order valence-corrected chi connectivity index (χ3v) is 7.30. The highest BCUT2D eigenvalue weighted by Gasteiger charge is 2.42. The van der Waals surface area contributed by atoms with Gasteiger partial charge in [-0.15, -0.1) is 0 Å². The van der Waals surface area contributed by atoms with Gasteiger partial charge in [-0.2, -0.15) is 0 Å². The molecule has 0 radical (unpaired) electrons. The van der Waals surface area contributed by atoms with Gasteiger partial charge in [0.15, 0.2) is 0 Å². The standard InChI is InChI=1S/C24H37N3O3/c1-29-20-12-9-18(23(14-20)30-2)16-27(19-10-11-19)22(15-25)24(28)26-13-5-7-17-6-3-4-8-21(17)26/h9,12,14,17,19,21-22H,3-8,10-11,13,15-16,25H2,1-2H3/t17?,21?,22-/m1/s1. The van der Waals surface area contributed by atoms with Crippen LogP contribution in [0.3, 0.4) is 0 Å². The van der Waals surface area contributed by atoms with E-state index in [-0.39, 0.29) is 11.9 Å². The van der Waals surface area contributed by atoms with E-state index in [1.165, 1.54) is 25.7 Å². The first kappa shape index (κ1) is 21.4. The van der Waals surface area contributed by atoms with Crippen LogP contribution in [0.2, 0.25) is 0 Å². The third kappa shape index (κ3) is 4.45. The molecule has 3 fully saturated rings. The van der Waals surface area contributed by atoms with E-state index in [0.717, 1.165) is 49.3 Å². The van der Waals surface area contributed by atoms with Gasteiger partial charge in [0.05, 0.1) is 14.2 Å². The van der Waals surface area contributed by atoms with Gasteiger partial charge in [0.25, 0.3) is 0 Å². The zero-order valence-corrected chi connectivity index (χ0v) is 18.5. The molecule has 2 N–H and O–H groups in total. The Labute approximate surface area is 180 Å². The first-order chi connectivity index (χ1) is 14.7. The molecule has 1 heterocycles. The van der Waals surface area contributed by atoms with Gasteiger partial charge in [-0.05, 0) is 50.5 Å². The summed E-state index contributed by atoms with van der Waals surface area (Å²) in [5.74, 6) is 2.50. The molecule has 2 aliphatic carbocycles. The number of hydrogen-bond acceptors (Lipinski definition) is 5. The summed E-state index contributed by atoms with van der Waals surface area (Å²) in [7, 11) is 3.34. The van der Waals surface area contributed by atoms with Crippen LogP contribution < -0.4 is 15.2 Å². The highest BCUT2D eigenvalue weighted by atomic mass is 16.5. The van der Waals surface area contributed by atoms with Crippen molar-refractivity contribution in [1.82, 2.24) is 9.80 Å². The Morgan fingerprint density at radius 2 is 1.90 bits per heavy atom. The number of hydrogen-bond donors (Lipinski definition) is 1. The minimum Gasteiger partial charge on any atom is -0.497 e. The quantitative estimate of drug-likeness (QED) is 0.706. The number of carbonyl (C=O) groups excluding carboxylic acids is 1. The predicted octanol–water partition coefficient (Wildman–Crippen LogP) is 3.18. The van der Waals surface area contributed by atoms with Gasteiger partial charge >= 0.3 is 0 Å². The van der Waals surface area contributed by atoms with Gasteiger partial charge in [0, 0.05) is 43.3 Å². The maximum Gasteiger partial charge on any atom is 0.241 e. The lowest BCUT2D eigenvalue weighted by atomic mass is 9.78. The number of likely N-dealkylation sites (tertiary alicyclic amines) is 1. The van der Waals surface area contributed by atoms with Gasteiger partial charge in [-0.1, -0.05) is 18.9 Å². The maximum atomic E-state index is 13.8. The molecule has 30 heavy (non-hydrogen) atoms. The topological polar surface area (TPSA) is 68.0 Å². The van der Waals surface area contributed by atoms with E-state index < -0.39 is 0 Å². The molecule has 4 rings (SSSR count). The minimum absolute atomic E-state index is 0.244. The molecule has 1 aromatic rings. The first-order valence-corrected chi connectivity index (χ1v) is 11.6. The Kier molecular flexibility index (Phi) is 6.84. The molecule has 6 heteroatoms. The Hall–Kier alpha value is -1.79. The van der Waals surface area contributed by atoms with Gasteiger partial charge in [0.2, 0.25) is 5.91 Å². The molecule has 3 aliphatic rings. The third-order valence-electron chi connectivity index (χ3n) is 7.30. The van der Waals surface area contributed by atoms with Crippen LogP contribution >= 0.6 is 0 Å².